The second-order valence-corrected chi connectivity index (χ2v) is 5.88. The van der Waals surface area contributed by atoms with Gasteiger partial charge in [0.15, 0.2) is 0 Å². The van der Waals surface area contributed by atoms with Crippen molar-refractivity contribution >= 4 is 11.0 Å². The summed E-state index contributed by atoms with van der Waals surface area (Å²) >= 11 is 0. The first-order chi connectivity index (χ1) is 11.5. The smallest absolute Gasteiger partial charge is 0.141 e. The third-order valence-corrected chi connectivity index (χ3v) is 4.14. The van der Waals surface area contributed by atoms with Gasteiger partial charge in [-0.15, -0.1) is 6.58 Å². The molecule has 0 fully saturated rings. The lowest BCUT2D eigenvalue weighted by Crippen LogP contribution is -1.98. The van der Waals surface area contributed by atoms with E-state index in [0.717, 1.165) is 34.1 Å². The van der Waals surface area contributed by atoms with Gasteiger partial charge >= 0.3 is 0 Å². The molecule has 0 saturated heterocycles. The number of furan rings is 1. The number of phenolic OH excluding ortho intramolecular Hbond substituents is 2. The van der Waals surface area contributed by atoms with E-state index in [2.05, 4.69) is 6.58 Å². The van der Waals surface area contributed by atoms with Gasteiger partial charge in [0.1, 0.15) is 29.4 Å². The van der Waals surface area contributed by atoms with Crippen LogP contribution in [0, 0.1) is 13.8 Å². The number of rotatable bonds is 5. The molecular formula is C20H20O4. The molecule has 0 amide bonds. The summed E-state index contributed by atoms with van der Waals surface area (Å²) in [6.45, 7) is 7.96. The fraction of sp³-hybridized carbons (Fsp3) is 0.200. The predicted molar refractivity (Wildman–Crippen MR) is 93.7 cm³/mol. The summed E-state index contributed by atoms with van der Waals surface area (Å²) in [4.78, 5) is 0. The lowest BCUT2D eigenvalue weighted by Gasteiger charge is -2.12. The Labute approximate surface area is 140 Å². The van der Waals surface area contributed by atoms with E-state index in [0.29, 0.717) is 11.3 Å². The quantitative estimate of drug-likeness (QED) is 0.664. The zero-order valence-electron chi connectivity index (χ0n) is 13.8. The van der Waals surface area contributed by atoms with Crippen LogP contribution in [0.4, 0.5) is 0 Å². The van der Waals surface area contributed by atoms with Crippen LogP contribution in [0.1, 0.15) is 22.3 Å². The van der Waals surface area contributed by atoms with Crippen LogP contribution < -0.4 is 4.74 Å². The standard InChI is InChI=1S/C20H20O4/c1-4-5-15-11-24-20-13(3)18(8-12(2)19(15)20)23-10-14-6-7-16(21)9-17(14)22/h4,6-9,11,21-22H,1,5,10H2,2-3H3. The number of aryl methyl sites for hydroxylation is 2. The van der Waals surface area contributed by atoms with E-state index in [-0.39, 0.29) is 18.1 Å². The van der Waals surface area contributed by atoms with Crippen LogP contribution in [0.2, 0.25) is 0 Å². The Hall–Kier alpha value is -2.88. The molecule has 0 radical (unpaired) electrons. The van der Waals surface area contributed by atoms with Gasteiger partial charge in [-0.05, 0) is 44.0 Å². The molecule has 24 heavy (non-hydrogen) atoms. The van der Waals surface area contributed by atoms with Gasteiger partial charge in [0.2, 0.25) is 0 Å². The molecule has 0 aliphatic rings. The monoisotopic (exact) mass is 324 g/mol. The molecule has 0 aliphatic heterocycles. The number of allylic oxidation sites excluding steroid dienone is 1. The lowest BCUT2D eigenvalue weighted by molar-refractivity contribution is 0.296. The molecule has 3 aromatic rings. The molecule has 124 valence electrons. The maximum atomic E-state index is 9.86. The van der Waals surface area contributed by atoms with Crippen molar-refractivity contribution in [2.75, 3.05) is 0 Å². The molecule has 4 nitrogen and oxygen atoms in total. The van der Waals surface area contributed by atoms with Gasteiger partial charge in [-0.1, -0.05) is 6.08 Å². The number of fused-ring (bicyclic) bond motifs is 1. The van der Waals surface area contributed by atoms with Gasteiger partial charge < -0.3 is 19.4 Å². The number of benzene rings is 2. The minimum absolute atomic E-state index is 0.0109. The maximum absolute atomic E-state index is 9.86. The molecule has 2 aromatic carbocycles. The van der Waals surface area contributed by atoms with Crippen molar-refractivity contribution in [2.45, 2.75) is 26.9 Å². The van der Waals surface area contributed by atoms with E-state index >= 15 is 0 Å². The summed E-state index contributed by atoms with van der Waals surface area (Å²) in [7, 11) is 0. The van der Waals surface area contributed by atoms with Gasteiger partial charge in [0.25, 0.3) is 0 Å². The predicted octanol–water partition coefficient (Wildman–Crippen LogP) is 4.77. The summed E-state index contributed by atoms with van der Waals surface area (Å²) in [6.07, 6.45) is 4.38. The highest BCUT2D eigenvalue weighted by Crippen LogP contribution is 2.35. The number of hydrogen-bond acceptors (Lipinski definition) is 4. The Kier molecular flexibility index (Phi) is 4.21. The van der Waals surface area contributed by atoms with E-state index < -0.39 is 0 Å². The highest BCUT2D eigenvalue weighted by Gasteiger charge is 2.15. The largest absolute Gasteiger partial charge is 0.508 e. The van der Waals surface area contributed by atoms with Crippen LogP contribution in [-0.4, -0.2) is 10.2 Å². The SMILES string of the molecule is C=CCc1coc2c(C)c(OCc3ccc(O)cc3O)cc(C)c12. The first-order valence-corrected chi connectivity index (χ1v) is 7.76. The second kappa shape index (κ2) is 6.32. The molecule has 0 unspecified atom stereocenters. The average molecular weight is 324 g/mol. The topological polar surface area (TPSA) is 62.8 Å². The molecule has 1 heterocycles. The minimum atomic E-state index is 0.0109. The molecule has 0 atom stereocenters. The third kappa shape index (κ3) is 2.83. The Morgan fingerprint density at radius 1 is 1.17 bits per heavy atom. The maximum Gasteiger partial charge on any atom is 0.141 e. The Morgan fingerprint density at radius 2 is 1.96 bits per heavy atom. The van der Waals surface area contributed by atoms with Crippen LogP contribution in [0.25, 0.3) is 11.0 Å². The number of phenols is 2. The molecule has 0 spiro atoms. The van der Waals surface area contributed by atoms with E-state index in [9.17, 15) is 10.2 Å². The van der Waals surface area contributed by atoms with Crippen molar-refractivity contribution < 1.29 is 19.4 Å². The lowest BCUT2D eigenvalue weighted by atomic mass is 10.0. The van der Waals surface area contributed by atoms with Crippen LogP contribution in [0.3, 0.4) is 0 Å². The molecule has 0 saturated carbocycles. The van der Waals surface area contributed by atoms with E-state index in [1.54, 1.807) is 12.3 Å². The molecule has 3 rings (SSSR count). The van der Waals surface area contributed by atoms with Crippen LogP contribution in [0.5, 0.6) is 17.2 Å². The molecule has 0 bridgehead atoms. The molecule has 0 aliphatic carbocycles. The summed E-state index contributed by atoms with van der Waals surface area (Å²) in [5, 5.41) is 20.3. The van der Waals surface area contributed by atoms with Gasteiger partial charge in [-0.25, -0.2) is 0 Å². The zero-order chi connectivity index (χ0) is 17.3. The number of aromatic hydroxyl groups is 2. The molecule has 1 aromatic heterocycles. The van der Waals surface area contributed by atoms with Crippen LogP contribution in [0.15, 0.2) is 47.6 Å². The van der Waals surface area contributed by atoms with Crippen molar-refractivity contribution in [3.05, 3.63) is 65.4 Å². The van der Waals surface area contributed by atoms with Gasteiger partial charge in [0, 0.05) is 28.1 Å². The van der Waals surface area contributed by atoms with Crippen molar-refractivity contribution in [3.63, 3.8) is 0 Å². The molecule has 2 N–H and O–H groups in total. The summed E-state index contributed by atoms with van der Waals surface area (Å²) in [6, 6.07) is 6.44. The van der Waals surface area contributed by atoms with Crippen molar-refractivity contribution in [3.8, 4) is 17.2 Å². The normalized spacial score (nSPS) is 10.9. The molecule has 4 heteroatoms. The van der Waals surface area contributed by atoms with Gasteiger partial charge in [-0.2, -0.15) is 0 Å². The third-order valence-electron chi connectivity index (χ3n) is 4.14. The van der Waals surface area contributed by atoms with E-state index in [1.165, 1.54) is 12.1 Å². The molecular weight excluding hydrogens is 304 g/mol. The highest BCUT2D eigenvalue weighted by atomic mass is 16.5. The summed E-state index contributed by atoms with van der Waals surface area (Å²) < 4.78 is 11.6. The Bertz CT molecular complexity index is 906. The minimum Gasteiger partial charge on any atom is -0.508 e. The van der Waals surface area contributed by atoms with Gasteiger partial charge in [0.05, 0.1) is 6.26 Å². The highest BCUT2D eigenvalue weighted by molar-refractivity contribution is 5.89. The fourth-order valence-corrected chi connectivity index (χ4v) is 2.88. The Balaban J connectivity index is 1.92. The van der Waals surface area contributed by atoms with E-state index in [1.807, 2.05) is 26.0 Å². The van der Waals surface area contributed by atoms with E-state index in [4.69, 9.17) is 9.15 Å². The van der Waals surface area contributed by atoms with Crippen molar-refractivity contribution in [2.24, 2.45) is 0 Å². The zero-order valence-corrected chi connectivity index (χ0v) is 13.8. The summed E-state index contributed by atoms with van der Waals surface area (Å²) in [5.41, 5.74) is 4.53. The summed E-state index contributed by atoms with van der Waals surface area (Å²) in [5.74, 6) is 0.749. The van der Waals surface area contributed by atoms with Crippen LogP contribution in [-0.2, 0) is 13.0 Å². The fourth-order valence-electron chi connectivity index (χ4n) is 2.88. The average Bonchev–Trinajstić information content (AvgIpc) is 2.96. The van der Waals surface area contributed by atoms with Crippen molar-refractivity contribution in [1.82, 2.24) is 0 Å². The van der Waals surface area contributed by atoms with Gasteiger partial charge in [-0.3, -0.25) is 0 Å². The Morgan fingerprint density at radius 3 is 2.67 bits per heavy atom. The first-order valence-electron chi connectivity index (χ1n) is 7.76. The van der Waals surface area contributed by atoms with Crippen molar-refractivity contribution in [1.29, 1.82) is 0 Å². The van der Waals surface area contributed by atoms with Crippen LogP contribution >= 0.6 is 0 Å². The number of hydrogen-bond donors (Lipinski definition) is 2. The first kappa shape index (κ1) is 16.0. The second-order valence-electron chi connectivity index (χ2n) is 5.88. The number of ether oxygens (including phenoxy) is 1.